The molecule has 0 saturated carbocycles. The van der Waals surface area contributed by atoms with E-state index in [4.69, 9.17) is 11.6 Å². The maximum Gasteiger partial charge on any atom is 0.270 e. The summed E-state index contributed by atoms with van der Waals surface area (Å²) in [6, 6.07) is 9.12. The molecule has 2 N–H and O–H groups in total. The standard InChI is InChI=1S/C16H19ClN4O/c1-16(2,3)21-14(22)13-8-9-18-15(20-13)19-10-11-6-4-5-7-12(11)17/h4-9H,10H2,1-3H3,(H,21,22)(H,18,19,20). The molecule has 0 atom stereocenters. The average molecular weight is 319 g/mol. The minimum atomic E-state index is -0.312. The van der Waals surface area contributed by atoms with Crippen molar-refractivity contribution in [3.8, 4) is 0 Å². The largest absolute Gasteiger partial charge is 0.350 e. The topological polar surface area (TPSA) is 66.9 Å². The van der Waals surface area contributed by atoms with E-state index in [0.29, 0.717) is 23.2 Å². The highest BCUT2D eigenvalue weighted by Crippen LogP contribution is 2.15. The van der Waals surface area contributed by atoms with Gasteiger partial charge in [0.15, 0.2) is 0 Å². The van der Waals surface area contributed by atoms with Crippen LogP contribution in [0, 0.1) is 0 Å². The van der Waals surface area contributed by atoms with E-state index in [1.165, 1.54) is 0 Å². The zero-order chi connectivity index (χ0) is 16.2. The van der Waals surface area contributed by atoms with Crippen molar-refractivity contribution in [1.29, 1.82) is 0 Å². The smallest absolute Gasteiger partial charge is 0.270 e. The second-order valence-electron chi connectivity index (χ2n) is 5.91. The van der Waals surface area contributed by atoms with Gasteiger partial charge in [0.2, 0.25) is 5.95 Å². The molecule has 0 aliphatic rings. The molecule has 1 amide bonds. The van der Waals surface area contributed by atoms with Crippen LogP contribution in [0.25, 0.3) is 0 Å². The number of hydrogen-bond donors (Lipinski definition) is 2. The number of nitrogens with zero attached hydrogens (tertiary/aromatic N) is 2. The Morgan fingerprint density at radius 3 is 2.64 bits per heavy atom. The number of aromatic nitrogens is 2. The summed E-state index contributed by atoms with van der Waals surface area (Å²) in [5.74, 6) is 0.164. The van der Waals surface area contributed by atoms with Crippen LogP contribution in [0.4, 0.5) is 5.95 Å². The van der Waals surface area contributed by atoms with E-state index in [1.807, 2.05) is 45.0 Å². The van der Waals surface area contributed by atoms with Gasteiger partial charge in [-0.1, -0.05) is 29.8 Å². The number of amides is 1. The minimum absolute atomic E-state index is 0.226. The monoisotopic (exact) mass is 318 g/mol. The van der Waals surface area contributed by atoms with E-state index < -0.39 is 0 Å². The van der Waals surface area contributed by atoms with Crippen LogP contribution >= 0.6 is 11.6 Å². The van der Waals surface area contributed by atoms with Crippen LogP contribution in [0.2, 0.25) is 5.02 Å². The van der Waals surface area contributed by atoms with Gasteiger partial charge in [-0.25, -0.2) is 9.97 Å². The molecule has 1 aromatic heterocycles. The summed E-state index contributed by atoms with van der Waals surface area (Å²) in [6.45, 7) is 6.25. The van der Waals surface area contributed by atoms with Gasteiger partial charge in [0.1, 0.15) is 5.69 Å². The van der Waals surface area contributed by atoms with Gasteiger partial charge in [-0.05, 0) is 38.5 Å². The predicted octanol–water partition coefficient (Wildman–Crippen LogP) is 3.27. The lowest BCUT2D eigenvalue weighted by Crippen LogP contribution is -2.41. The van der Waals surface area contributed by atoms with Gasteiger partial charge in [0, 0.05) is 23.3 Å². The minimum Gasteiger partial charge on any atom is -0.350 e. The average Bonchev–Trinajstić information content (AvgIpc) is 2.45. The number of carbonyl (C=O) groups is 1. The van der Waals surface area contributed by atoms with Gasteiger partial charge >= 0.3 is 0 Å². The van der Waals surface area contributed by atoms with E-state index in [1.54, 1.807) is 12.3 Å². The summed E-state index contributed by atoms with van der Waals surface area (Å²) in [4.78, 5) is 20.4. The van der Waals surface area contributed by atoms with Crippen molar-refractivity contribution < 1.29 is 4.79 Å². The molecule has 5 nitrogen and oxygen atoms in total. The van der Waals surface area contributed by atoms with E-state index in [2.05, 4.69) is 20.6 Å². The van der Waals surface area contributed by atoms with Crippen molar-refractivity contribution in [1.82, 2.24) is 15.3 Å². The van der Waals surface area contributed by atoms with Crippen LogP contribution < -0.4 is 10.6 Å². The van der Waals surface area contributed by atoms with Gasteiger partial charge in [0.05, 0.1) is 0 Å². The third-order valence-electron chi connectivity index (χ3n) is 2.77. The third-order valence-corrected chi connectivity index (χ3v) is 3.14. The molecule has 116 valence electrons. The van der Waals surface area contributed by atoms with Gasteiger partial charge in [0.25, 0.3) is 5.91 Å². The van der Waals surface area contributed by atoms with Gasteiger partial charge in [-0.2, -0.15) is 0 Å². The first-order valence-electron chi connectivity index (χ1n) is 6.98. The van der Waals surface area contributed by atoms with Crippen molar-refractivity contribution in [2.75, 3.05) is 5.32 Å². The highest BCUT2D eigenvalue weighted by Gasteiger charge is 2.16. The number of halogens is 1. The molecule has 2 rings (SSSR count). The van der Waals surface area contributed by atoms with Crippen LogP contribution in [0.1, 0.15) is 36.8 Å². The maximum atomic E-state index is 12.1. The molecule has 1 aromatic carbocycles. The third kappa shape index (κ3) is 4.70. The number of benzene rings is 1. The van der Waals surface area contributed by atoms with Crippen LogP contribution in [0.5, 0.6) is 0 Å². The highest BCUT2D eigenvalue weighted by molar-refractivity contribution is 6.31. The molecular weight excluding hydrogens is 300 g/mol. The molecule has 2 aromatic rings. The molecule has 0 aliphatic heterocycles. The Morgan fingerprint density at radius 2 is 1.95 bits per heavy atom. The zero-order valence-electron chi connectivity index (χ0n) is 12.9. The Hall–Kier alpha value is -2.14. The van der Waals surface area contributed by atoms with Crippen molar-refractivity contribution >= 4 is 23.5 Å². The predicted molar refractivity (Wildman–Crippen MR) is 88.0 cm³/mol. The highest BCUT2D eigenvalue weighted by atomic mass is 35.5. The lowest BCUT2D eigenvalue weighted by atomic mass is 10.1. The fraction of sp³-hybridized carbons (Fsp3) is 0.312. The zero-order valence-corrected chi connectivity index (χ0v) is 13.6. The Balaban J connectivity index is 2.06. The molecule has 0 saturated heterocycles. The normalized spacial score (nSPS) is 11.1. The quantitative estimate of drug-likeness (QED) is 0.908. The molecule has 22 heavy (non-hydrogen) atoms. The van der Waals surface area contributed by atoms with Crippen LogP contribution in [0.3, 0.4) is 0 Å². The molecule has 0 unspecified atom stereocenters. The molecule has 0 bridgehead atoms. The summed E-state index contributed by atoms with van der Waals surface area (Å²) in [6.07, 6.45) is 1.56. The fourth-order valence-corrected chi connectivity index (χ4v) is 1.99. The number of carbonyl (C=O) groups excluding carboxylic acids is 1. The van der Waals surface area contributed by atoms with Crippen LogP contribution in [0.15, 0.2) is 36.5 Å². The molecule has 0 spiro atoms. The lowest BCUT2D eigenvalue weighted by Gasteiger charge is -2.20. The molecule has 0 fully saturated rings. The Labute approximate surface area is 135 Å². The van der Waals surface area contributed by atoms with Gasteiger partial charge < -0.3 is 10.6 Å². The maximum absolute atomic E-state index is 12.1. The second-order valence-corrected chi connectivity index (χ2v) is 6.32. The van der Waals surface area contributed by atoms with E-state index in [9.17, 15) is 4.79 Å². The number of nitrogens with one attached hydrogen (secondary N) is 2. The Kier molecular flexibility index (Phi) is 4.98. The van der Waals surface area contributed by atoms with E-state index in [-0.39, 0.29) is 11.4 Å². The first-order valence-corrected chi connectivity index (χ1v) is 7.36. The van der Waals surface area contributed by atoms with Crippen molar-refractivity contribution in [3.63, 3.8) is 0 Å². The Bertz CT molecular complexity index is 667. The van der Waals surface area contributed by atoms with E-state index >= 15 is 0 Å². The fourth-order valence-electron chi connectivity index (χ4n) is 1.79. The molecule has 0 radical (unpaired) electrons. The van der Waals surface area contributed by atoms with Crippen LogP contribution in [-0.2, 0) is 6.54 Å². The summed E-state index contributed by atoms with van der Waals surface area (Å²) < 4.78 is 0. The number of rotatable bonds is 4. The Morgan fingerprint density at radius 1 is 1.23 bits per heavy atom. The molecule has 6 heteroatoms. The molecule has 0 aliphatic carbocycles. The van der Waals surface area contributed by atoms with Gasteiger partial charge in [-0.3, -0.25) is 4.79 Å². The first-order chi connectivity index (χ1) is 10.3. The molecular formula is C16H19ClN4O. The molecule has 1 heterocycles. The summed E-state index contributed by atoms with van der Waals surface area (Å²) in [5.41, 5.74) is 0.955. The van der Waals surface area contributed by atoms with Crippen molar-refractivity contribution in [3.05, 3.63) is 52.8 Å². The lowest BCUT2D eigenvalue weighted by molar-refractivity contribution is 0.0914. The number of hydrogen-bond acceptors (Lipinski definition) is 4. The van der Waals surface area contributed by atoms with Gasteiger partial charge in [-0.15, -0.1) is 0 Å². The summed E-state index contributed by atoms with van der Waals surface area (Å²) >= 11 is 6.10. The van der Waals surface area contributed by atoms with E-state index in [0.717, 1.165) is 5.56 Å². The van der Waals surface area contributed by atoms with Crippen LogP contribution in [-0.4, -0.2) is 21.4 Å². The number of anilines is 1. The van der Waals surface area contributed by atoms with Crippen molar-refractivity contribution in [2.24, 2.45) is 0 Å². The second kappa shape index (κ2) is 6.75. The first kappa shape index (κ1) is 16.2. The van der Waals surface area contributed by atoms with Crippen molar-refractivity contribution in [2.45, 2.75) is 32.9 Å². The summed E-state index contributed by atoms with van der Waals surface area (Å²) in [5, 5.41) is 6.62. The SMILES string of the molecule is CC(C)(C)NC(=O)c1ccnc(NCc2ccccc2Cl)n1. The summed E-state index contributed by atoms with van der Waals surface area (Å²) in [7, 11) is 0.